The van der Waals surface area contributed by atoms with Crippen LogP contribution in [0.1, 0.15) is 51.9 Å². The number of ether oxygens (including phenoxy) is 1. The molecule has 2 N–H and O–H groups in total. The lowest BCUT2D eigenvalue weighted by Crippen LogP contribution is -2.34. The smallest absolute Gasteiger partial charge is 0.273 e. The first-order valence-corrected chi connectivity index (χ1v) is 8.61. The molecule has 1 saturated carbocycles. The van der Waals surface area contributed by atoms with Crippen molar-refractivity contribution in [2.45, 2.75) is 82.4 Å². The Morgan fingerprint density at radius 3 is 2.77 bits per heavy atom. The lowest BCUT2D eigenvalue weighted by Gasteiger charge is -2.27. The van der Waals surface area contributed by atoms with Crippen molar-refractivity contribution < 1.29 is 28.3 Å². The molecule has 2 aliphatic rings. The molecule has 1 saturated heterocycles. The highest BCUT2D eigenvalue weighted by Gasteiger charge is 2.50. The molecule has 0 bridgehead atoms. The molecule has 6 unspecified atom stereocenters. The maximum absolute atomic E-state index is 13.8. The molecule has 1 heterocycles. The van der Waals surface area contributed by atoms with Crippen LogP contribution in [-0.4, -0.2) is 40.7 Å². The molecular formula is C15H27F2O4P. The Bertz CT molecular complexity index is 358. The normalized spacial score (nSPS) is 36.5. The van der Waals surface area contributed by atoms with E-state index in [0.717, 1.165) is 0 Å². The molecule has 130 valence electrons. The molecule has 4 nitrogen and oxygen atoms in total. The second-order valence-corrected chi connectivity index (χ2v) is 6.83. The number of hydrogen-bond acceptors (Lipinski definition) is 4. The van der Waals surface area contributed by atoms with Crippen LogP contribution in [0.15, 0.2) is 0 Å². The zero-order chi connectivity index (χ0) is 16.3. The lowest BCUT2D eigenvalue weighted by atomic mass is 9.86. The van der Waals surface area contributed by atoms with Crippen molar-refractivity contribution in [3.05, 3.63) is 0 Å². The fraction of sp³-hybridized carbons (Fsp3) is 1.00. The van der Waals surface area contributed by atoms with E-state index in [-0.39, 0.29) is 36.9 Å². The molecule has 0 radical (unpaired) electrons. The highest BCUT2D eigenvalue weighted by atomic mass is 31.0. The number of aliphatic hydroxyl groups is 2. The summed E-state index contributed by atoms with van der Waals surface area (Å²) in [7, 11) is 2.23. The Morgan fingerprint density at radius 2 is 2.14 bits per heavy atom. The van der Waals surface area contributed by atoms with E-state index in [4.69, 9.17) is 9.26 Å². The third kappa shape index (κ3) is 4.15. The molecule has 2 rings (SSSR count). The summed E-state index contributed by atoms with van der Waals surface area (Å²) in [6.07, 6.45) is -0.0123. The predicted octanol–water partition coefficient (Wildman–Crippen LogP) is 2.87. The highest BCUT2D eigenvalue weighted by molar-refractivity contribution is 7.09. The van der Waals surface area contributed by atoms with Gasteiger partial charge < -0.3 is 19.5 Å². The van der Waals surface area contributed by atoms with Crippen molar-refractivity contribution in [1.82, 2.24) is 0 Å². The average Bonchev–Trinajstić information content (AvgIpc) is 2.98. The fourth-order valence-corrected chi connectivity index (χ4v) is 4.11. The summed E-state index contributed by atoms with van der Waals surface area (Å²) in [5, 5.41) is 19.4. The van der Waals surface area contributed by atoms with Gasteiger partial charge in [0.2, 0.25) is 0 Å². The van der Waals surface area contributed by atoms with Crippen molar-refractivity contribution >= 4 is 9.47 Å². The van der Waals surface area contributed by atoms with Crippen LogP contribution in [0.25, 0.3) is 0 Å². The molecule has 0 aromatic carbocycles. The molecule has 7 atom stereocenters. The van der Waals surface area contributed by atoms with Gasteiger partial charge in [-0.2, -0.15) is 0 Å². The molecule has 22 heavy (non-hydrogen) atoms. The van der Waals surface area contributed by atoms with Crippen molar-refractivity contribution in [2.75, 3.05) is 0 Å². The monoisotopic (exact) mass is 340 g/mol. The maximum Gasteiger partial charge on any atom is 0.273 e. The predicted molar refractivity (Wildman–Crippen MR) is 81.4 cm³/mol. The van der Waals surface area contributed by atoms with Crippen LogP contribution in [0.4, 0.5) is 8.78 Å². The van der Waals surface area contributed by atoms with Crippen LogP contribution in [0.2, 0.25) is 0 Å². The molecule has 1 aliphatic carbocycles. The Balaban J connectivity index is 1.88. The Kier molecular flexibility index (Phi) is 6.55. The Hall–Kier alpha value is 0.130. The van der Waals surface area contributed by atoms with Gasteiger partial charge in [0.25, 0.3) is 5.92 Å². The summed E-state index contributed by atoms with van der Waals surface area (Å²) >= 11 is 0. The van der Waals surface area contributed by atoms with Gasteiger partial charge in [-0.25, -0.2) is 8.78 Å². The molecule has 0 aromatic heterocycles. The molecular weight excluding hydrogens is 313 g/mol. The summed E-state index contributed by atoms with van der Waals surface area (Å²) < 4.78 is 38.5. The second-order valence-electron chi connectivity index (χ2n) is 6.56. The topological polar surface area (TPSA) is 58.9 Å². The summed E-state index contributed by atoms with van der Waals surface area (Å²) in [6, 6.07) is 0. The summed E-state index contributed by atoms with van der Waals surface area (Å²) in [5.74, 6) is -2.87. The van der Waals surface area contributed by atoms with Gasteiger partial charge in [0, 0.05) is 28.7 Å². The van der Waals surface area contributed by atoms with E-state index >= 15 is 0 Å². The first-order valence-electron chi connectivity index (χ1n) is 8.14. The fourth-order valence-electron chi connectivity index (χ4n) is 3.80. The zero-order valence-electron chi connectivity index (χ0n) is 13.0. The molecule has 1 aliphatic heterocycles. The van der Waals surface area contributed by atoms with E-state index in [1.165, 1.54) is 0 Å². The van der Waals surface area contributed by atoms with Crippen molar-refractivity contribution in [3.63, 3.8) is 0 Å². The van der Waals surface area contributed by atoms with E-state index in [0.29, 0.717) is 32.1 Å². The standard InChI is InChI=1S/C15H27F2O4P/c1-2-3-6-15(16,17)13(18)5-4-9-10-7-14(19)20-11(10)8-12(9)21-22/h9-14,18-19H,2-8,22H2,1H3/t9-,10?,11?,12?,13?,14?/m1/s1. The van der Waals surface area contributed by atoms with Crippen LogP contribution in [0, 0.1) is 11.8 Å². The molecule has 0 aromatic rings. The minimum absolute atomic E-state index is 0.0382. The summed E-state index contributed by atoms with van der Waals surface area (Å²) in [6.45, 7) is 1.85. The number of rotatable bonds is 8. The van der Waals surface area contributed by atoms with Gasteiger partial charge in [-0.15, -0.1) is 0 Å². The van der Waals surface area contributed by atoms with E-state index in [9.17, 15) is 19.0 Å². The van der Waals surface area contributed by atoms with E-state index in [2.05, 4.69) is 9.47 Å². The second kappa shape index (κ2) is 7.80. The van der Waals surface area contributed by atoms with Crippen molar-refractivity contribution in [1.29, 1.82) is 0 Å². The van der Waals surface area contributed by atoms with Crippen LogP contribution in [-0.2, 0) is 9.26 Å². The van der Waals surface area contributed by atoms with E-state index < -0.39 is 18.3 Å². The van der Waals surface area contributed by atoms with Crippen LogP contribution in [0.3, 0.4) is 0 Å². The van der Waals surface area contributed by atoms with Gasteiger partial charge in [-0.1, -0.05) is 13.3 Å². The highest BCUT2D eigenvalue weighted by Crippen LogP contribution is 2.47. The van der Waals surface area contributed by atoms with E-state index in [1.54, 1.807) is 0 Å². The van der Waals surface area contributed by atoms with Crippen LogP contribution in [0.5, 0.6) is 0 Å². The largest absolute Gasteiger partial charge is 0.387 e. The summed E-state index contributed by atoms with van der Waals surface area (Å²) in [4.78, 5) is 0. The van der Waals surface area contributed by atoms with Gasteiger partial charge in [-0.05, 0) is 31.1 Å². The SMILES string of the molecule is CCCCC(F)(F)C(O)CC[C@H]1C(OP)CC2OC(O)CC21. The van der Waals surface area contributed by atoms with Gasteiger partial charge in [0.1, 0.15) is 6.10 Å². The number of fused-ring (bicyclic) bond motifs is 1. The van der Waals surface area contributed by atoms with Crippen molar-refractivity contribution in [3.8, 4) is 0 Å². The Labute approximate surface area is 132 Å². The number of alkyl halides is 2. The number of aliphatic hydroxyl groups excluding tert-OH is 2. The number of hydrogen-bond donors (Lipinski definition) is 2. The van der Waals surface area contributed by atoms with Gasteiger partial charge in [-0.3, -0.25) is 0 Å². The maximum atomic E-state index is 13.8. The van der Waals surface area contributed by atoms with E-state index in [1.807, 2.05) is 6.92 Å². The quantitative estimate of drug-likeness (QED) is 0.667. The zero-order valence-corrected chi connectivity index (χ0v) is 14.1. The van der Waals surface area contributed by atoms with Crippen LogP contribution >= 0.6 is 9.47 Å². The lowest BCUT2D eigenvalue weighted by molar-refractivity contribution is -0.119. The molecule has 0 spiro atoms. The first-order chi connectivity index (χ1) is 10.4. The molecule has 7 heteroatoms. The van der Waals surface area contributed by atoms with Gasteiger partial charge >= 0.3 is 0 Å². The minimum atomic E-state index is -3.03. The van der Waals surface area contributed by atoms with Crippen LogP contribution < -0.4 is 0 Å². The van der Waals surface area contributed by atoms with Gasteiger partial charge in [0.05, 0.1) is 12.2 Å². The third-order valence-corrected chi connectivity index (χ3v) is 5.42. The number of halogens is 2. The number of unbranched alkanes of at least 4 members (excludes halogenated alkanes) is 1. The van der Waals surface area contributed by atoms with Gasteiger partial charge in [0.15, 0.2) is 6.29 Å². The molecule has 2 fully saturated rings. The van der Waals surface area contributed by atoms with Crippen molar-refractivity contribution in [2.24, 2.45) is 11.8 Å². The molecule has 0 amide bonds. The average molecular weight is 340 g/mol. The minimum Gasteiger partial charge on any atom is -0.387 e. The first kappa shape index (κ1) is 18.5. The third-order valence-electron chi connectivity index (χ3n) is 5.07. The Morgan fingerprint density at radius 1 is 1.41 bits per heavy atom. The summed E-state index contributed by atoms with van der Waals surface area (Å²) in [5.41, 5.74) is 0.